The lowest BCUT2D eigenvalue weighted by atomic mass is 10.1. The number of thioether (sulfide) groups is 1. The molecule has 0 bridgehead atoms. The fourth-order valence-corrected chi connectivity index (χ4v) is 3.68. The van der Waals surface area contributed by atoms with Crippen LogP contribution in [0.3, 0.4) is 0 Å². The van der Waals surface area contributed by atoms with E-state index >= 15 is 0 Å². The highest BCUT2D eigenvalue weighted by molar-refractivity contribution is 8.00. The van der Waals surface area contributed by atoms with Crippen LogP contribution in [-0.2, 0) is 11.3 Å². The van der Waals surface area contributed by atoms with Gasteiger partial charge in [-0.05, 0) is 44.2 Å². The molecule has 6 heteroatoms. The van der Waals surface area contributed by atoms with Gasteiger partial charge < -0.3 is 19.1 Å². The molecule has 0 aliphatic carbocycles. The maximum atomic E-state index is 12.7. The fraction of sp³-hybridized carbons (Fsp3) is 0.381. The molecule has 3 rings (SSSR count). The SMILES string of the molecule is CCOc1ccc(SCC(=O)N(CC)Cc2cccc3c2OCCO3)cc1. The molecule has 1 heterocycles. The smallest absolute Gasteiger partial charge is 0.233 e. The summed E-state index contributed by atoms with van der Waals surface area (Å²) in [4.78, 5) is 15.6. The molecule has 27 heavy (non-hydrogen) atoms. The number of hydrogen-bond acceptors (Lipinski definition) is 5. The van der Waals surface area contributed by atoms with Gasteiger partial charge in [0.1, 0.15) is 19.0 Å². The van der Waals surface area contributed by atoms with E-state index in [-0.39, 0.29) is 5.91 Å². The van der Waals surface area contributed by atoms with E-state index in [1.807, 2.05) is 61.2 Å². The van der Waals surface area contributed by atoms with Crippen molar-refractivity contribution < 1.29 is 19.0 Å². The largest absolute Gasteiger partial charge is 0.494 e. The molecule has 0 spiro atoms. The number of fused-ring (bicyclic) bond motifs is 1. The monoisotopic (exact) mass is 387 g/mol. The summed E-state index contributed by atoms with van der Waals surface area (Å²) in [6.07, 6.45) is 0. The molecule has 2 aromatic rings. The highest BCUT2D eigenvalue weighted by atomic mass is 32.2. The molecule has 0 aromatic heterocycles. The predicted molar refractivity (Wildman–Crippen MR) is 107 cm³/mol. The van der Waals surface area contributed by atoms with Crippen LogP contribution in [0.5, 0.6) is 17.2 Å². The van der Waals surface area contributed by atoms with E-state index in [2.05, 4.69) is 0 Å². The van der Waals surface area contributed by atoms with Crippen LogP contribution < -0.4 is 14.2 Å². The summed E-state index contributed by atoms with van der Waals surface area (Å²) in [5, 5.41) is 0. The van der Waals surface area contributed by atoms with Gasteiger partial charge in [0.2, 0.25) is 5.91 Å². The van der Waals surface area contributed by atoms with Gasteiger partial charge in [0.05, 0.1) is 12.4 Å². The third-order valence-corrected chi connectivity index (χ3v) is 5.24. The summed E-state index contributed by atoms with van der Waals surface area (Å²) < 4.78 is 16.8. The summed E-state index contributed by atoms with van der Waals surface area (Å²) in [5.41, 5.74) is 0.980. The highest BCUT2D eigenvalue weighted by Crippen LogP contribution is 2.34. The average molecular weight is 388 g/mol. The Hall–Kier alpha value is -2.34. The highest BCUT2D eigenvalue weighted by Gasteiger charge is 2.19. The summed E-state index contributed by atoms with van der Waals surface area (Å²) in [5.74, 6) is 2.86. The molecular weight excluding hydrogens is 362 g/mol. The van der Waals surface area contributed by atoms with Gasteiger partial charge in [-0.15, -0.1) is 11.8 Å². The second-order valence-electron chi connectivity index (χ2n) is 6.04. The summed E-state index contributed by atoms with van der Waals surface area (Å²) >= 11 is 1.54. The van der Waals surface area contributed by atoms with Gasteiger partial charge in [-0.3, -0.25) is 4.79 Å². The predicted octanol–water partition coefficient (Wildman–Crippen LogP) is 4.00. The molecule has 0 atom stereocenters. The Morgan fingerprint density at radius 3 is 2.63 bits per heavy atom. The Kier molecular flexibility index (Phi) is 6.87. The lowest BCUT2D eigenvalue weighted by molar-refractivity contribution is -0.128. The van der Waals surface area contributed by atoms with Crippen LogP contribution in [0.1, 0.15) is 19.4 Å². The first-order chi connectivity index (χ1) is 13.2. The van der Waals surface area contributed by atoms with Gasteiger partial charge in [0.25, 0.3) is 0 Å². The first-order valence-electron chi connectivity index (χ1n) is 9.22. The number of rotatable bonds is 8. The number of benzene rings is 2. The van der Waals surface area contributed by atoms with Crippen LogP contribution in [0.2, 0.25) is 0 Å². The minimum atomic E-state index is 0.103. The lowest BCUT2D eigenvalue weighted by Gasteiger charge is -2.25. The molecule has 0 radical (unpaired) electrons. The Labute approximate surface area is 164 Å². The van der Waals surface area contributed by atoms with Crippen molar-refractivity contribution in [3.63, 3.8) is 0 Å². The Morgan fingerprint density at radius 1 is 1.11 bits per heavy atom. The number of ether oxygens (including phenoxy) is 3. The van der Waals surface area contributed by atoms with Crippen LogP contribution in [0.15, 0.2) is 47.4 Å². The summed E-state index contributed by atoms with van der Waals surface area (Å²) in [6.45, 7) is 6.87. The van der Waals surface area contributed by atoms with Gasteiger partial charge in [0, 0.05) is 23.5 Å². The third kappa shape index (κ3) is 5.10. The summed E-state index contributed by atoms with van der Waals surface area (Å²) in [6, 6.07) is 13.7. The van der Waals surface area contributed by atoms with Crippen molar-refractivity contribution in [2.45, 2.75) is 25.3 Å². The number of carbonyl (C=O) groups excluding carboxylic acids is 1. The number of amides is 1. The number of para-hydroxylation sites is 1. The molecule has 0 saturated heterocycles. The van der Waals surface area contributed by atoms with Crippen molar-refractivity contribution in [2.75, 3.05) is 32.1 Å². The lowest BCUT2D eigenvalue weighted by Crippen LogP contribution is -2.32. The fourth-order valence-electron chi connectivity index (χ4n) is 2.88. The van der Waals surface area contributed by atoms with Crippen LogP contribution in [-0.4, -0.2) is 42.9 Å². The van der Waals surface area contributed by atoms with Crippen molar-refractivity contribution in [3.8, 4) is 17.2 Å². The molecule has 0 fully saturated rings. The van der Waals surface area contributed by atoms with Crippen molar-refractivity contribution >= 4 is 17.7 Å². The maximum absolute atomic E-state index is 12.7. The van der Waals surface area contributed by atoms with Crippen molar-refractivity contribution in [1.29, 1.82) is 0 Å². The zero-order valence-electron chi connectivity index (χ0n) is 15.8. The molecular formula is C21H25NO4S. The quantitative estimate of drug-likeness (QED) is 0.641. The van der Waals surface area contributed by atoms with Crippen LogP contribution in [0, 0.1) is 0 Å². The van der Waals surface area contributed by atoms with Crippen LogP contribution in [0.4, 0.5) is 0 Å². The molecule has 144 valence electrons. The maximum Gasteiger partial charge on any atom is 0.233 e. The minimum Gasteiger partial charge on any atom is -0.494 e. The molecule has 0 N–H and O–H groups in total. The van der Waals surface area contributed by atoms with Gasteiger partial charge in [-0.25, -0.2) is 0 Å². The van der Waals surface area contributed by atoms with E-state index in [0.717, 1.165) is 27.7 Å². The Morgan fingerprint density at radius 2 is 1.89 bits per heavy atom. The molecule has 2 aromatic carbocycles. The molecule has 1 amide bonds. The topological polar surface area (TPSA) is 48.0 Å². The average Bonchev–Trinajstić information content (AvgIpc) is 2.71. The number of hydrogen-bond donors (Lipinski definition) is 0. The van der Waals surface area contributed by atoms with E-state index in [4.69, 9.17) is 14.2 Å². The van der Waals surface area contributed by atoms with Gasteiger partial charge in [-0.1, -0.05) is 12.1 Å². The van der Waals surface area contributed by atoms with Crippen molar-refractivity contribution in [2.24, 2.45) is 0 Å². The molecule has 1 aliphatic heterocycles. The van der Waals surface area contributed by atoms with Crippen LogP contribution >= 0.6 is 11.8 Å². The van der Waals surface area contributed by atoms with E-state index in [9.17, 15) is 4.79 Å². The first kappa shape index (κ1) is 19.4. The van der Waals surface area contributed by atoms with Gasteiger partial charge >= 0.3 is 0 Å². The Balaban J connectivity index is 1.59. The molecule has 0 saturated carbocycles. The minimum absolute atomic E-state index is 0.103. The first-order valence-corrected chi connectivity index (χ1v) is 10.2. The van der Waals surface area contributed by atoms with Crippen LogP contribution in [0.25, 0.3) is 0 Å². The zero-order chi connectivity index (χ0) is 19.1. The van der Waals surface area contributed by atoms with E-state index < -0.39 is 0 Å². The van der Waals surface area contributed by atoms with Gasteiger partial charge in [-0.2, -0.15) is 0 Å². The van der Waals surface area contributed by atoms with E-state index in [1.54, 1.807) is 0 Å². The normalized spacial score (nSPS) is 12.5. The molecule has 1 aliphatic rings. The third-order valence-electron chi connectivity index (χ3n) is 4.24. The summed E-state index contributed by atoms with van der Waals surface area (Å²) in [7, 11) is 0. The van der Waals surface area contributed by atoms with E-state index in [1.165, 1.54) is 11.8 Å². The number of nitrogens with zero attached hydrogens (tertiary/aromatic N) is 1. The molecule has 0 unspecified atom stereocenters. The standard InChI is InChI=1S/C21H25NO4S/c1-3-22(14-16-6-5-7-19-21(16)26-13-12-25-19)20(23)15-27-18-10-8-17(9-11-18)24-4-2/h5-11H,3-4,12-15H2,1-2H3. The molecule has 5 nitrogen and oxygen atoms in total. The second-order valence-corrected chi connectivity index (χ2v) is 7.09. The zero-order valence-corrected chi connectivity index (χ0v) is 16.6. The number of carbonyl (C=O) groups is 1. The van der Waals surface area contributed by atoms with Crippen molar-refractivity contribution in [1.82, 2.24) is 4.90 Å². The van der Waals surface area contributed by atoms with E-state index in [0.29, 0.717) is 38.7 Å². The van der Waals surface area contributed by atoms with Gasteiger partial charge in [0.15, 0.2) is 11.5 Å². The second kappa shape index (κ2) is 9.55. The Bertz CT molecular complexity index is 763. The van der Waals surface area contributed by atoms with Crippen molar-refractivity contribution in [3.05, 3.63) is 48.0 Å².